The van der Waals surface area contributed by atoms with E-state index in [9.17, 15) is 9.59 Å². The summed E-state index contributed by atoms with van der Waals surface area (Å²) in [7, 11) is 1.90. The Hall–Kier alpha value is -2.05. The van der Waals surface area contributed by atoms with E-state index in [1.807, 2.05) is 37.9 Å². The van der Waals surface area contributed by atoms with Gasteiger partial charge in [-0.05, 0) is 45.0 Å². The molecule has 1 aliphatic rings. The minimum atomic E-state index is -0.197. The zero-order valence-electron chi connectivity index (χ0n) is 15.3. The number of nitrogens with zero attached hydrogens (tertiary/aromatic N) is 1. The molecule has 1 saturated heterocycles. The molecule has 140 valence electrons. The van der Waals surface area contributed by atoms with Crippen LogP contribution in [0.15, 0.2) is 22.8 Å². The lowest BCUT2D eigenvalue weighted by molar-refractivity contribution is -0.125. The van der Waals surface area contributed by atoms with Crippen molar-refractivity contribution in [3.8, 4) is 0 Å². The molecule has 1 aromatic heterocycles. The Morgan fingerprint density at radius 2 is 2.15 bits per heavy atom. The van der Waals surface area contributed by atoms with Gasteiger partial charge in [0.1, 0.15) is 5.58 Å². The molecule has 2 amide bonds. The molecule has 2 atom stereocenters. The van der Waals surface area contributed by atoms with E-state index in [0.29, 0.717) is 24.5 Å². The van der Waals surface area contributed by atoms with E-state index in [1.165, 1.54) is 0 Å². The second kappa shape index (κ2) is 7.68. The van der Waals surface area contributed by atoms with Crippen molar-refractivity contribution in [2.24, 2.45) is 0 Å². The average Bonchev–Trinajstić information content (AvgIpc) is 3.12. The Balaban J connectivity index is 1.63. The second-order valence-corrected chi connectivity index (χ2v) is 7.29. The summed E-state index contributed by atoms with van der Waals surface area (Å²) in [6.45, 7) is 5.08. The summed E-state index contributed by atoms with van der Waals surface area (Å²) in [4.78, 5) is 26.5. The van der Waals surface area contributed by atoms with Crippen molar-refractivity contribution in [2.45, 2.75) is 38.8 Å². The maximum absolute atomic E-state index is 12.5. The zero-order chi connectivity index (χ0) is 18.8. The van der Waals surface area contributed by atoms with Crippen LogP contribution in [0.3, 0.4) is 0 Å². The predicted octanol–water partition coefficient (Wildman–Crippen LogP) is 2.26. The highest BCUT2D eigenvalue weighted by Gasteiger charge is 2.34. The molecule has 1 fully saturated rings. The summed E-state index contributed by atoms with van der Waals surface area (Å²) >= 11 is 6.19. The minimum absolute atomic E-state index is 0.0117. The zero-order valence-corrected chi connectivity index (χ0v) is 16.0. The van der Waals surface area contributed by atoms with Crippen molar-refractivity contribution in [2.75, 3.05) is 20.1 Å². The molecule has 2 heterocycles. The molecule has 0 saturated carbocycles. The number of fused-ring (bicyclic) bond motifs is 1. The summed E-state index contributed by atoms with van der Waals surface area (Å²) in [6.07, 6.45) is 2.45. The minimum Gasteiger partial charge on any atom is -0.464 e. The Kier molecular flexibility index (Phi) is 5.53. The summed E-state index contributed by atoms with van der Waals surface area (Å²) in [5.74, 6) is -0.0723. The number of hydrogen-bond donors (Lipinski definition) is 2. The molecule has 2 aromatic rings. The Labute approximate surface area is 157 Å². The van der Waals surface area contributed by atoms with E-state index in [2.05, 4.69) is 10.6 Å². The monoisotopic (exact) mass is 377 g/mol. The van der Waals surface area contributed by atoms with Gasteiger partial charge in [-0.15, -0.1) is 0 Å². The van der Waals surface area contributed by atoms with Gasteiger partial charge in [0.05, 0.1) is 18.7 Å². The highest BCUT2D eigenvalue weighted by molar-refractivity contribution is 6.32. The van der Waals surface area contributed by atoms with E-state index in [4.69, 9.17) is 16.0 Å². The van der Waals surface area contributed by atoms with Crippen LogP contribution in [0.5, 0.6) is 0 Å². The van der Waals surface area contributed by atoms with Crippen LogP contribution in [0, 0.1) is 6.92 Å². The molecular weight excluding hydrogens is 354 g/mol. The number of rotatable bonds is 5. The number of benzene rings is 1. The number of carbonyl (C=O) groups is 2. The fourth-order valence-electron chi connectivity index (χ4n) is 3.49. The van der Waals surface area contributed by atoms with Crippen molar-refractivity contribution < 1.29 is 14.0 Å². The third kappa shape index (κ3) is 3.86. The van der Waals surface area contributed by atoms with Crippen molar-refractivity contribution in [3.63, 3.8) is 0 Å². The predicted molar refractivity (Wildman–Crippen MR) is 101 cm³/mol. The number of nitrogens with one attached hydrogen (secondary N) is 2. The topological polar surface area (TPSA) is 74.6 Å². The number of furan rings is 1. The van der Waals surface area contributed by atoms with Crippen LogP contribution in [-0.2, 0) is 16.0 Å². The fourth-order valence-corrected chi connectivity index (χ4v) is 3.66. The maximum Gasteiger partial charge on any atom is 0.237 e. The number of aryl methyl sites for hydroxylation is 1. The first-order chi connectivity index (χ1) is 12.4. The molecule has 1 aromatic carbocycles. The Bertz CT molecular complexity index is 833. The first kappa shape index (κ1) is 18.7. The Morgan fingerprint density at radius 3 is 2.88 bits per heavy atom. The largest absolute Gasteiger partial charge is 0.464 e. The van der Waals surface area contributed by atoms with Crippen molar-refractivity contribution in [1.29, 1.82) is 0 Å². The summed E-state index contributed by atoms with van der Waals surface area (Å²) in [5.41, 5.74) is 2.48. The number of likely N-dealkylation sites (tertiary alicyclic amines) is 1. The maximum atomic E-state index is 12.5. The van der Waals surface area contributed by atoms with E-state index >= 15 is 0 Å². The van der Waals surface area contributed by atoms with Crippen LogP contribution in [0.25, 0.3) is 11.0 Å². The van der Waals surface area contributed by atoms with E-state index in [0.717, 1.165) is 22.1 Å². The summed E-state index contributed by atoms with van der Waals surface area (Å²) in [6, 6.07) is 3.48. The SMILES string of the molecule is CCNC(=O)C1CC(NC(=O)Cc2coc3cc(C)c(Cl)cc23)CN1C. The molecular formula is C19H24ClN3O3. The highest BCUT2D eigenvalue weighted by atomic mass is 35.5. The normalized spacial score (nSPS) is 20.5. The first-order valence-corrected chi connectivity index (χ1v) is 9.20. The lowest BCUT2D eigenvalue weighted by atomic mass is 10.1. The van der Waals surface area contributed by atoms with Crippen LogP contribution in [0.2, 0.25) is 5.02 Å². The number of hydrogen-bond acceptors (Lipinski definition) is 4. The van der Waals surface area contributed by atoms with Gasteiger partial charge in [0.2, 0.25) is 11.8 Å². The standard InChI is InChI=1S/C19H24ClN3O3/c1-4-21-19(25)16-7-13(9-23(16)3)22-18(24)6-12-10-26-17-5-11(2)15(20)8-14(12)17/h5,8,10,13,16H,4,6-7,9H2,1-3H3,(H,21,25)(H,22,24). The van der Waals surface area contributed by atoms with Gasteiger partial charge in [0, 0.05) is 35.1 Å². The lowest BCUT2D eigenvalue weighted by Crippen LogP contribution is -2.41. The molecule has 0 radical (unpaired) electrons. The third-order valence-corrected chi connectivity index (χ3v) is 5.26. The molecule has 2 unspecified atom stereocenters. The van der Waals surface area contributed by atoms with E-state index < -0.39 is 0 Å². The van der Waals surface area contributed by atoms with Crippen LogP contribution in [-0.4, -0.2) is 48.9 Å². The molecule has 0 spiro atoms. The van der Waals surface area contributed by atoms with Crippen LogP contribution < -0.4 is 10.6 Å². The van der Waals surface area contributed by atoms with Gasteiger partial charge in [-0.3, -0.25) is 14.5 Å². The molecule has 6 nitrogen and oxygen atoms in total. The third-order valence-electron chi connectivity index (χ3n) is 4.85. The van der Waals surface area contributed by atoms with E-state index in [1.54, 1.807) is 6.26 Å². The molecule has 0 bridgehead atoms. The van der Waals surface area contributed by atoms with Gasteiger partial charge in [0.25, 0.3) is 0 Å². The number of amides is 2. The quantitative estimate of drug-likeness (QED) is 0.838. The van der Waals surface area contributed by atoms with Gasteiger partial charge < -0.3 is 15.1 Å². The summed E-state index contributed by atoms with van der Waals surface area (Å²) < 4.78 is 5.55. The molecule has 3 rings (SSSR count). The van der Waals surface area contributed by atoms with Gasteiger partial charge in [-0.2, -0.15) is 0 Å². The van der Waals surface area contributed by atoms with Gasteiger partial charge >= 0.3 is 0 Å². The van der Waals surface area contributed by atoms with Gasteiger partial charge in [-0.25, -0.2) is 0 Å². The van der Waals surface area contributed by atoms with E-state index in [-0.39, 0.29) is 30.3 Å². The lowest BCUT2D eigenvalue weighted by Gasteiger charge is -2.17. The summed E-state index contributed by atoms with van der Waals surface area (Å²) in [5, 5.41) is 7.39. The highest BCUT2D eigenvalue weighted by Crippen LogP contribution is 2.28. The average molecular weight is 378 g/mol. The van der Waals surface area contributed by atoms with Crippen LogP contribution >= 0.6 is 11.6 Å². The number of carbonyl (C=O) groups excluding carboxylic acids is 2. The van der Waals surface area contributed by atoms with Crippen molar-refractivity contribution >= 4 is 34.4 Å². The van der Waals surface area contributed by atoms with Gasteiger partial charge in [0.15, 0.2) is 0 Å². The Morgan fingerprint density at radius 1 is 1.38 bits per heavy atom. The number of likely N-dealkylation sites (N-methyl/N-ethyl adjacent to an activating group) is 2. The molecule has 26 heavy (non-hydrogen) atoms. The van der Waals surface area contributed by atoms with Gasteiger partial charge in [-0.1, -0.05) is 11.6 Å². The van der Waals surface area contributed by atoms with Crippen LogP contribution in [0.4, 0.5) is 0 Å². The molecule has 2 N–H and O–H groups in total. The first-order valence-electron chi connectivity index (χ1n) is 8.82. The fraction of sp³-hybridized carbons (Fsp3) is 0.474. The second-order valence-electron chi connectivity index (χ2n) is 6.89. The molecule has 0 aliphatic carbocycles. The molecule has 7 heteroatoms. The van der Waals surface area contributed by atoms with Crippen molar-refractivity contribution in [1.82, 2.24) is 15.5 Å². The number of halogens is 1. The smallest absolute Gasteiger partial charge is 0.237 e. The van der Waals surface area contributed by atoms with Crippen LogP contribution in [0.1, 0.15) is 24.5 Å². The molecule has 1 aliphatic heterocycles. The van der Waals surface area contributed by atoms with Crippen molar-refractivity contribution in [3.05, 3.63) is 34.5 Å².